The Morgan fingerprint density at radius 2 is 1.50 bits per heavy atom. The second-order valence-corrected chi connectivity index (χ2v) is 4.71. The molecule has 1 aliphatic rings. The first-order valence-electron chi connectivity index (χ1n) is 4.60. The number of hydrogen-bond donors (Lipinski definition) is 1. The molecule has 1 aliphatic heterocycles. The minimum Gasteiger partial charge on any atom is -0.388 e. The molecule has 12 heavy (non-hydrogen) atoms. The number of ether oxygens (including phenoxy) is 1. The molecule has 1 saturated heterocycles. The molecule has 2 nitrogen and oxygen atoms in total. The van der Waals surface area contributed by atoms with E-state index in [4.69, 9.17) is 5.11 Å². The minimum atomic E-state index is -0.157. The van der Waals surface area contributed by atoms with Crippen molar-refractivity contribution < 1.29 is 9.84 Å². The SMILES string of the molecule is CC(C)C(C)(C)C.OC1COC1. The highest BCUT2D eigenvalue weighted by Gasteiger charge is 2.13. The average Bonchev–Trinajstić information content (AvgIpc) is 1.83. The molecule has 0 aromatic heterocycles. The summed E-state index contributed by atoms with van der Waals surface area (Å²) in [5.41, 5.74) is 0.500. The fourth-order valence-corrected chi connectivity index (χ4v) is 0.223. The first kappa shape index (κ1) is 11.9. The van der Waals surface area contributed by atoms with Gasteiger partial charge in [-0.1, -0.05) is 34.6 Å². The van der Waals surface area contributed by atoms with E-state index in [-0.39, 0.29) is 6.10 Å². The van der Waals surface area contributed by atoms with E-state index in [2.05, 4.69) is 39.4 Å². The highest BCUT2D eigenvalue weighted by atomic mass is 16.5. The van der Waals surface area contributed by atoms with Crippen LogP contribution in [0.1, 0.15) is 34.6 Å². The topological polar surface area (TPSA) is 29.5 Å². The van der Waals surface area contributed by atoms with Crippen molar-refractivity contribution in [3.8, 4) is 0 Å². The molecule has 0 radical (unpaired) electrons. The monoisotopic (exact) mass is 174 g/mol. The highest BCUT2D eigenvalue weighted by Crippen LogP contribution is 2.23. The lowest BCUT2D eigenvalue weighted by molar-refractivity contribution is -0.0936. The molecule has 0 atom stereocenters. The van der Waals surface area contributed by atoms with Crippen molar-refractivity contribution in [3.05, 3.63) is 0 Å². The molecule has 0 aliphatic carbocycles. The van der Waals surface area contributed by atoms with Crippen LogP contribution in [0, 0.1) is 11.3 Å². The number of rotatable bonds is 0. The van der Waals surface area contributed by atoms with E-state index in [1.807, 2.05) is 0 Å². The van der Waals surface area contributed by atoms with Crippen molar-refractivity contribution in [2.75, 3.05) is 13.2 Å². The maximum atomic E-state index is 8.32. The van der Waals surface area contributed by atoms with Gasteiger partial charge in [-0.15, -0.1) is 0 Å². The van der Waals surface area contributed by atoms with Crippen molar-refractivity contribution in [2.45, 2.75) is 40.7 Å². The van der Waals surface area contributed by atoms with Gasteiger partial charge in [-0.25, -0.2) is 0 Å². The van der Waals surface area contributed by atoms with Crippen LogP contribution in [0.3, 0.4) is 0 Å². The summed E-state index contributed by atoms with van der Waals surface area (Å²) in [6, 6.07) is 0. The van der Waals surface area contributed by atoms with Gasteiger partial charge < -0.3 is 9.84 Å². The zero-order valence-corrected chi connectivity index (χ0v) is 8.92. The summed E-state index contributed by atoms with van der Waals surface area (Å²) in [6.45, 7) is 12.4. The van der Waals surface area contributed by atoms with E-state index in [9.17, 15) is 0 Å². The van der Waals surface area contributed by atoms with Crippen molar-refractivity contribution in [1.82, 2.24) is 0 Å². The van der Waals surface area contributed by atoms with E-state index in [1.54, 1.807) is 0 Å². The summed E-state index contributed by atoms with van der Waals surface area (Å²) in [5, 5.41) is 8.32. The summed E-state index contributed by atoms with van der Waals surface area (Å²) >= 11 is 0. The molecular weight excluding hydrogens is 152 g/mol. The van der Waals surface area contributed by atoms with Gasteiger partial charge in [0.1, 0.15) is 6.10 Å². The Balaban J connectivity index is 0.000000211. The summed E-state index contributed by atoms with van der Waals surface area (Å²) < 4.78 is 4.58. The molecule has 1 heterocycles. The standard InChI is InChI=1S/C7H16.C3H6O2/c1-6(2)7(3,4)5;4-3-1-5-2-3/h6H,1-5H3;3-4H,1-2H2. The van der Waals surface area contributed by atoms with Crippen LogP contribution >= 0.6 is 0 Å². The normalized spacial score (nSPS) is 18.2. The Hall–Kier alpha value is -0.0800. The van der Waals surface area contributed by atoms with E-state index < -0.39 is 0 Å². The molecule has 74 valence electrons. The quantitative estimate of drug-likeness (QED) is 0.609. The zero-order valence-electron chi connectivity index (χ0n) is 8.92. The molecule has 0 amide bonds. The van der Waals surface area contributed by atoms with E-state index >= 15 is 0 Å². The number of hydrogen-bond acceptors (Lipinski definition) is 2. The fourth-order valence-electron chi connectivity index (χ4n) is 0.223. The zero-order chi connectivity index (χ0) is 9.78. The van der Waals surface area contributed by atoms with Gasteiger partial charge >= 0.3 is 0 Å². The lowest BCUT2D eigenvalue weighted by atomic mass is 9.84. The maximum Gasteiger partial charge on any atom is 0.101 e. The van der Waals surface area contributed by atoms with Crippen LogP contribution in [0.25, 0.3) is 0 Å². The third-order valence-electron chi connectivity index (χ3n) is 2.35. The van der Waals surface area contributed by atoms with Gasteiger partial charge in [0.15, 0.2) is 0 Å². The molecule has 0 aromatic carbocycles. The Labute approximate surface area is 75.9 Å². The fraction of sp³-hybridized carbons (Fsp3) is 1.00. The highest BCUT2D eigenvalue weighted by molar-refractivity contribution is 4.64. The van der Waals surface area contributed by atoms with Crippen molar-refractivity contribution >= 4 is 0 Å². The van der Waals surface area contributed by atoms with Gasteiger partial charge in [-0.2, -0.15) is 0 Å². The van der Waals surface area contributed by atoms with Gasteiger partial charge in [0.05, 0.1) is 13.2 Å². The predicted octanol–water partition coefficient (Wildman–Crippen LogP) is 2.07. The average molecular weight is 174 g/mol. The van der Waals surface area contributed by atoms with Crippen molar-refractivity contribution in [3.63, 3.8) is 0 Å². The van der Waals surface area contributed by atoms with Gasteiger partial charge in [0, 0.05) is 0 Å². The molecule has 0 saturated carbocycles. The largest absolute Gasteiger partial charge is 0.388 e. The smallest absolute Gasteiger partial charge is 0.101 e. The third kappa shape index (κ3) is 5.56. The Kier molecular flexibility index (Phi) is 4.80. The van der Waals surface area contributed by atoms with Crippen LogP contribution in [0.15, 0.2) is 0 Å². The number of aliphatic hydroxyl groups excluding tert-OH is 1. The van der Waals surface area contributed by atoms with Crippen LogP contribution in [0.4, 0.5) is 0 Å². The predicted molar refractivity (Wildman–Crippen MR) is 51.1 cm³/mol. The summed E-state index contributed by atoms with van der Waals surface area (Å²) in [7, 11) is 0. The molecule has 0 spiro atoms. The minimum absolute atomic E-state index is 0.157. The molecule has 1 N–H and O–H groups in total. The summed E-state index contributed by atoms with van der Waals surface area (Å²) in [5.74, 6) is 0.799. The lowest BCUT2D eigenvalue weighted by Gasteiger charge is -2.22. The molecule has 0 unspecified atom stereocenters. The Bertz CT molecular complexity index is 109. The molecule has 2 heteroatoms. The maximum absolute atomic E-state index is 8.32. The van der Waals surface area contributed by atoms with E-state index in [0.717, 1.165) is 5.92 Å². The van der Waals surface area contributed by atoms with Crippen molar-refractivity contribution in [2.24, 2.45) is 11.3 Å². The van der Waals surface area contributed by atoms with Gasteiger partial charge in [-0.3, -0.25) is 0 Å². The molecular formula is C10H22O2. The molecule has 1 rings (SSSR count). The van der Waals surface area contributed by atoms with E-state index in [1.165, 1.54) is 0 Å². The first-order valence-corrected chi connectivity index (χ1v) is 4.60. The Morgan fingerprint density at radius 3 is 1.50 bits per heavy atom. The Morgan fingerprint density at radius 1 is 1.25 bits per heavy atom. The van der Waals surface area contributed by atoms with Crippen LogP contribution in [-0.2, 0) is 4.74 Å². The molecule has 0 aromatic rings. The van der Waals surface area contributed by atoms with Gasteiger partial charge in [-0.05, 0) is 11.3 Å². The van der Waals surface area contributed by atoms with Gasteiger partial charge in [0.2, 0.25) is 0 Å². The van der Waals surface area contributed by atoms with Crippen LogP contribution in [0.5, 0.6) is 0 Å². The van der Waals surface area contributed by atoms with Crippen LogP contribution in [0.2, 0.25) is 0 Å². The van der Waals surface area contributed by atoms with Crippen molar-refractivity contribution in [1.29, 1.82) is 0 Å². The third-order valence-corrected chi connectivity index (χ3v) is 2.35. The van der Waals surface area contributed by atoms with Crippen LogP contribution in [-0.4, -0.2) is 24.4 Å². The molecule has 0 bridgehead atoms. The summed E-state index contributed by atoms with van der Waals surface area (Å²) in [6.07, 6.45) is -0.157. The summed E-state index contributed by atoms with van der Waals surface area (Å²) in [4.78, 5) is 0. The van der Waals surface area contributed by atoms with Gasteiger partial charge in [0.25, 0.3) is 0 Å². The molecule has 1 fully saturated rings. The second kappa shape index (κ2) is 4.83. The first-order chi connectivity index (χ1) is 5.34. The second-order valence-electron chi connectivity index (χ2n) is 4.71. The van der Waals surface area contributed by atoms with Crippen LogP contribution < -0.4 is 0 Å². The lowest BCUT2D eigenvalue weighted by Crippen LogP contribution is -2.32. The van der Waals surface area contributed by atoms with E-state index in [0.29, 0.717) is 18.6 Å². The number of aliphatic hydroxyl groups is 1.